The van der Waals surface area contributed by atoms with Gasteiger partial charge in [-0.15, -0.1) is 0 Å². The van der Waals surface area contributed by atoms with Crippen molar-refractivity contribution in [3.63, 3.8) is 0 Å². The second kappa shape index (κ2) is 7.33. The smallest absolute Gasteiger partial charge is 0.119 e. The Morgan fingerprint density at radius 1 is 1.24 bits per heavy atom. The van der Waals surface area contributed by atoms with Crippen LogP contribution in [0.15, 0.2) is 24.3 Å². The molecule has 0 bridgehead atoms. The van der Waals surface area contributed by atoms with Crippen LogP contribution in [0.25, 0.3) is 0 Å². The second-order valence-corrected chi connectivity index (χ2v) is 5.01. The highest BCUT2D eigenvalue weighted by atomic mass is 16.5. The Kier molecular flexibility index (Phi) is 6.06. The van der Waals surface area contributed by atoms with Gasteiger partial charge in [-0.3, -0.25) is 0 Å². The Balaban J connectivity index is 2.54. The third-order valence-corrected chi connectivity index (χ3v) is 3.12. The lowest BCUT2D eigenvalue weighted by Gasteiger charge is -2.17. The summed E-state index contributed by atoms with van der Waals surface area (Å²) in [7, 11) is 3.76. The lowest BCUT2D eigenvalue weighted by molar-refractivity contribution is 0.413. The molecule has 1 aromatic carbocycles. The van der Waals surface area contributed by atoms with Gasteiger partial charge in [0.05, 0.1) is 7.11 Å². The number of hydrogen-bond donors (Lipinski definition) is 1. The zero-order valence-corrected chi connectivity index (χ0v) is 11.5. The molecule has 0 aliphatic carbocycles. The molecule has 1 N–H and O–H groups in total. The van der Waals surface area contributed by atoms with Crippen molar-refractivity contribution in [1.82, 2.24) is 5.32 Å². The molecule has 0 aliphatic heterocycles. The highest BCUT2D eigenvalue weighted by molar-refractivity contribution is 5.28. The predicted octanol–water partition coefficient (Wildman–Crippen LogP) is 3.26. The molecule has 1 atom stereocenters. The van der Waals surface area contributed by atoms with Crippen LogP contribution in [-0.4, -0.2) is 20.2 Å². The summed E-state index contributed by atoms with van der Waals surface area (Å²) in [6.07, 6.45) is 3.57. The van der Waals surface area contributed by atoms with Gasteiger partial charge >= 0.3 is 0 Å². The molecule has 2 heteroatoms. The van der Waals surface area contributed by atoms with Crippen molar-refractivity contribution in [3.05, 3.63) is 29.8 Å². The van der Waals surface area contributed by atoms with E-state index in [1.807, 2.05) is 13.1 Å². The quantitative estimate of drug-likeness (QED) is 0.783. The summed E-state index contributed by atoms with van der Waals surface area (Å²) in [5.41, 5.74) is 1.34. The summed E-state index contributed by atoms with van der Waals surface area (Å²) in [6.45, 7) is 4.55. The fourth-order valence-corrected chi connectivity index (χ4v) is 1.97. The molecule has 0 saturated carbocycles. The van der Waals surface area contributed by atoms with Gasteiger partial charge in [-0.2, -0.15) is 0 Å². The van der Waals surface area contributed by atoms with Crippen molar-refractivity contribution in [2.24, 2.45) is 5.92 Å². The van der Waals surface area contributed by atoms with E-state index in [2.05, 4.69) is 37.4 Å². The number of nitrogens with one attached hydrogen (secondary N) is 1. The Bertz CT molecular complexity index is 322. The van der Waals surface area contributed by atoms with Gasteiger partial charge in [0.25, 0.3) is 0 Å². The van der Waals surface area contributed by atoms with E-state index in [9.17, 15) is 0 Å². The van der Waals surface area contributed by atoms with E-state index in [0.717, 1.165) is 18.1 Å². The predicted molar refractivity (Wildman–Crippen MR) is 73.6 cm³/mol. The molecule has 0 aliphatic rings. The van der Waals surface area contributed by atoms with E-state index in [4.69, 9.17) is 4.74 Å². The monoisotopic (exact) mass is 235 g/mol. The van der Waals surface area contributed by atoms with Crippen LogP contribution in [0.3, 0.4) is 0 Å². The number of hydrogen-bond acceptors (Lipinski definition) is 2. The fraction of sp³-hybridized carbons (Fsp3) is 0.600. The first-order chi connectivity index (χ1) is 8.15. The standard InChI is InChI=1S/C15H25NO/c1-12(2)8-9-14(16-3)10-13-6-5-7-15(11-13)17-4/h5-7,11-12,14,16H,8-10H2,1-4H3. The van der Waals surface area contributed by atoms with Crippen LogP contribution in [0.1, 0.15) is 32.3 Å². The topological polar surface area (TPSA) is 21.3 Å². The van der Waals surface area contributed by atoms with Gasteiger partial charge in [-0.05, 0) is 49.9 Å². The van der Waals surface area contributed by atoms with Gasteiger partial charge in [-0.25, -0.2) is 0 Å². The molecule has 1 unspecified atom stereocenters. The van der Waals surface area contributed by atoms with Crippen LogP contribution in [0.4, 0.5) is 0 Å². The van der Waals surface area contributed by atoms with Crippen molar-refractivity contribution in [2.75, 3.05) is 14.2 Å². The van der Waals surface area contributed by atoms with Crippen LogP contribution < -0.4 is 10.1 Å². The third-order valence-electron chi connectivity index (χ3n) is 3.12. The first kappa shape index (κ1) is 14.0. The number of likely N-dealkylation sites (N-methyl/N-ethyl adjacent to an activating group) is 1. The van der Waals surface area contributed by atoms with Gasteiger partial charge in [0.1, 0.15) is 5.75 Å². The Hall–Kier alpha value is -1.02. The zero-order valence-electron chi connectivity index (χ0n) is 11.5. The van der Waals surface area contributed by atoms with Crippen LogP contribution in [-0.2, 0) is 6.42 Å². The zero-order chi connectivity index (χ0) is 12.7. The van der Waals surface area contributed by atoms with E-state index >= 15 is 0 Å². The highest BCUT2D eigenvalue weighted by Gasteiger charge is 2.08. The summed E-state index contributed by atoms with van der Waals surface area (Å²) in [5, 5.41) is 3.40. The number of ether oxygens (including phenoxy) is 1. The minimum absolute atomic E-state index is 0.560. The first-order valence-corrected chi connectivity index (χ1v) is 6.46. The average molecular weight is 235 g/mol. The summed E-state index contributed by atoms with van der Waals surface area (Å²) in [6, 6.07) is 8.90. The number of benzene rings is 1. The molecule has 0 fully saturated rings. The van der Waals surface area contributed by atoms with Crippen molar-refractivity contribution in [2.45, 2.75) is 39.2 Å². The minimum atomic E-state index is 0.560. The molecule has 0 spiro atoms. The fourth-order valence-electron chi connectivity index (χ4n) is 1.97. The van der Waals surface area contributed by atoms with Crippen LogP contribution in [0.2, 0.25) is 0 Å². The van der Waals surface area contributed by atoms with E-state index < -0.39 is 0 Å². The van der Waals surface area contributed by atoms with Crippen molar-refractivity contribution in [3.8, 4) is 5.75 Å². The maximum absolute atomic E-state index is 5.25. The molecular formula is C15H25NO. The van der Waals surface area contributed by atoms with Crippen molar-refractivity contribution in [1.29, 1.82) is 0 Å². The van der Waals surface area contributed by atoms with Crippen molar-refractivity contribution < 1.29 is 4.74 Å². The number of rotatable bonds is 7. The maximum Gasteiger partial charge on any atom is 0.119 e. The Morgan fingerprint density at radius 2 is 2.00 bits per heavy atom. The van der Waals surface area contributed by atoms with E-state index in [1.165, 1.54) is 18.4 Å². The normalized spacial score (nSPS) is 12.8. The lowest BCUT2D eigenvalue weighted by Crippen LogP contribution is -2.27. The molecule has 0 heterocycles. The Morgan fingerprint density at radius 3 is 2.59 bits per heavy atom. The van der Waals surface area contributed by atoms with Crippen molar-refractivity contribution >= 4 is 0 Å². The molecule has 0 radical (unpaired) electrons. The summed E-state index contributed by atoms with van der Waals surface area (Å²) in [5.74, 6) is 1.72. The van der Waals surface area contributed by atoms with Gasteiger partial charge in [0.15, 0.2) is 0 Å². The van der Waals surface area contributed by atoms with Gasteiger partial charge < -0.3 is 10.1 Å². The SMILES string of the molecule is CNC(CCC(C)C)Cc1cccc(OC)c1. The lowest BCUT2D eigenvalue weighted by atomic mass is 9.98. The highest BCUT2D eigenvalue weighted by Crippen LogP contribution is 2.16. The molecule has 17 heavy (non-hydrogen) atoms. The minimum Gasteiger partial charge on any atom is -0.497 e. The summed E-state index contributed by atoms with van der Waals surface area (Å²) >= 11 is 0. The molecule has 1 aromatic rings. The third kappa shape index (κ3) is 5.22. The van der Waals surface area contributed by atoms with Crippen LogP contribution in [0, 0.1) is 5.92 Å². The first-order valence-electron chi connectivity index (χ1n) is 6.46. The summed E-state index contributed by atoms with van der Waals surface area (Å²) in [4.78, 5) is 0. The summed E-state index contributed by atoms with van der Waals surface area (Å²) < 4.78 is 5.25. The maximum atomic E-state index is 5.25. The molecule has 0 saturated heterocycles. The average Bonchev–Trinajstić information content (AvgIpc) is 2.34. The van der Waals surface area contributed by atoms with E-state index in [0.29, 0.717) is 6.04 Å². The van der Waals surface area contributed by atoms with Crippen LogP contribution in [0.5, 0.6) is 5.75 Å². The molecule has 0 amide bonds. The van der Waals surface area contributed by atoms with Gasteiger partial charge in [0.2, 0.25) is 0 Å². The van der Waals surface area contributed by atoms with Crippen LogP contribution >= 0.6 is 0 Å². The number of methoxy groups -OCH3 is 1. The molecule has 2 nitrogen and oxygen atoms in total. The molecule has 1 rings (SSSR count). The molecule has 96 valence electrons. The second-order valence-electron chi connectivity index (χ2n) is 5.01. The van der Waals surface area contributed by atoms with E-state index in [-0.39, 0.29) is 0 Å². The largest absolute Gasteiger partial charge is 0.497 e. The van der Waals surface area contributed by atoms with E-state index in [1.54, 1.807) is 7.11 Å². The molecular weight excluding hydrogens is 210 g/mol. The van der Waals surface area contributed by atoms with Gasteiger partial charge in [0, 0.05) is 6.04 Å². The van der Waals surface area contributed by atoms with Gasteiger partial charge in [-0.1, -0.05) is 26.0 Å². The Labute approximate surface area is 105 Å². The molecule has 0 aromatic heterocycles.